The van der Waals surface area contributed by atoms with Gasteiger partial charge in [0.1, 0.15) is 11.3 Å². The van der Waals surface area contributed by atoms with E-state index in [1.165, 1.54) is 6.07 Å². The third-order valence-electron chi connectivity index (χ3n) is 5.85. The van der Waals surface area contributed by atoms with Gasteiger partial charge in [0.05, 0.1) is 36.0 Å². The van der Waals surface area contributed by atoms with Crippen LogP contribution in [0.2, 0.25) is 5.02 Å². The highest BCUT2D eigenvalue weighted by molar-refractivity contribution is 6.32. The highest BCUT2D eigenvalue weighted by Gasteiger charge is 2.33. The number of methoxy groups -OCH3 is 1. The predicted molar refractivity (Wildman–Crippen MR) is 130 cm³/mol. The number of halogens is 1. The molecule has 0 bridgehead atoms. The quantitative estimate of drug-likeness (QED) is 0.362. The molecular weight excluding hydrogens is 444 g/mol. The molecule has 0 spiro atoms. The number of carbonyl (C=O) groups excluding carboxylic acids is 1. The molecule has 0 N–H and O–H groups in total. The maximum atomic E-state index is 12.9. The van der Waals surface area contributed by atoms with Crippen molar-refractivity contribution in [1.82, 2.24) is 4.68 Å². The summed E-state index contributed by atoms with van der Waals surface area (Å²) in [7, 11) is 1.66. The van der Waals surface area contributed by atoms with E-state index in [0.29, 0.717) is 36.2 Å². The van der Waals surface area contributed by atoms with Crippen molar-refractivity contribution in [3.63, 3.8) is 0 Å². The topological polar surface area (TPSA) is 70.0 Å². The molecule has 1 aliphatic rings. The second-order valence-corrected chi connectivity index (χ2v) is 9.16. The lowest BCUT2D eigenvalue weighted by molar-refractivity contribution is 0.0523. The number of carbonyl (C=O) groups is 1. The Labute approximate surface area is 200 Å². The number of hydrogen-bond acceptors (Lipinski definition) is 6. The van der Waals surface area contributed by atoms with E-state index in [2.05, 4.69) is 25.8 Å². The molecule has 1 aromatic carbocycles. The molecule has 0 fully saturated rings. The maximum Gasteiger partial charge on any atom is 0.343 e. The Balaban J connectivity index is 2.12. The van der Waals surface area contributed by atoms with Gasteiger partial charge in [-0.15, -0.1) is 0 Å². The summed E-state index contributed by atoms with van der Waals surface area (Å²) in [6, 6.07) is 5.28. The first-order valence-electron chi connectivity index (χ1n) is 11.4. The van der Waals surface area contributed by atoms with Crippen molar-refractivity contribution in [2.75, 3.05) is 31.9 Å². The molecule has 0 saturated heterocycles. The Kier molecular flexibility index (Phi) is 8.08. The van der Waals surface area contributed by atoms with Gasteiger partial charge in [-0.1, -0.05) is 24.9 Å². The fourth-order valence-corrected chi connectivity index (χ4v) is 4.45. The Morgan fingerprint density at radius 3 is 2.61 bits per heavy atom. The van der Waals surface area contributed by atoms with E-state index in [9.17, 15) is 9.59 Å². The second kappa shape index (κ2) is 10.6. The van der Waals surface area contributed by atoms with Gasteiger partial charge < -0.3 is 19.2 Å². The van der Waals surface area contributed by atoms with E-state index in [1.807, 2.05) is 16.8 Å². The minimum Gasteiger partial charge on any atom is -0.492 e. The molecule has 0 saturated carbocycles. The number of pyridine rings is 1. The van der Waals surface area contributed by atoms with Gasteiger partial charge in [-0.25, -0.2) is 4.79 Å². The molecule has 33 heavy (non-hydrogen) atoms. The van der Waals surface area contributed by atoms with Gasteiger partial charge in [-0.05, 0) is 44.9 Å². The van der Waals surface area contributed by atoms with Crippen molar-refractivity contribution in [3.8, 4) is 17.0 Å². The fourth-order valence-electron chi connectivity index (χ4n) is 4.23. The molecule has 2 aromatic rings. The second-order valence-electron chi connectivity index (χ2n) is 8.76. The monoisotopic (exact) mass is 476 g/mol. The fraction of sp³-hybridized carbons (Fsp3) is 0.520. The van der Waals surface area contributed by atoms with Gasteiger partial charge in [0, 0.05) is 38.0 Å². The molecule has 2 heterocycles. The summed E-state index contributed by atoms with van der Waals surface area (Å²) in [6.45, 7) is 10.1. The van der Waals surface area contributed by atoms with Crippen molar-refractivity contribution in [3.05, 3.63) is 50.8 Å². The van der Waals surface area contributed by atoms with E-state index < -0.39 is 5.97 Å². The molecule has 3 rings (SSSR count). The normalized spacial score (nSPS) is 12.8. The van der Waals surface area contributed by atoms with Crippen LogP contribution in [0.25, 0.3) is 11.3 Å². The zero-order valence-electron chi connectivity index (χ0n) is 20.1. The maximum absolute atomic E-state index is 12.9. The number of nitrogens with zero attached hydrogens (tertiary/aromatic N) is 2. The lowest BCUT2D eigenvalue weighted by Crippen LogP contribution is -2.52. The van der Waals surface area contributed by atoms with Crippen molar-refractivity contribution in [2.24, 2.45) is 0 Å². The first-order chi connectivity index (χ1) is 15.7. The molecule has 7 nitrogen and oxygen atoms in total. The summed E-state index contributed by atoms with van der Waals surface area (Å²) >= 11 is 6.55. The Morgan fingerprint density at radius 2 is 1.94 bits per heavy atom. The van der Waals surface area contributed by atoms with Crippen molar-refractivity contribution < 1.29 is 19.0 Å². The smallest absolute Gasteiger partial charge is 0.343 e. The zero-order valence-corrected chi connectivity index (χ0v) is 20.8. The summed E-state index contributed by atoms with van der Waals surface area (Å²) in [5.41, 5.74) is 1.95. The van der Waals surface area contributed by atoms with Crippen LogP contribution in [-0.2, 0) is 16.0 Å². The molecule has 8 heteroatoms. The number of rotatable bonds is 10. The summed E-state index contributed by atoms with van der Waals surface area (Å²) in [5, 5.41) is 2.65. The average Bonchev–Trinajstić information content (AvgIpc) is 2.76. The van der Waals surface area contributed by atoms with Crippen molar-refractivity contribution in [1.29, 1.82) is 0 Å². The molecule has 0 radical (unpaired) electrons. The van der Waals surface area contributed by atoms with Gasteiger partial charge >= 0.3 is 5.97 Å². The molecule has 0 aliphatic carbocycles. The van der Waals surface area contributed by atoms with Gasteiger partial charge in [-0.3, -0.25) is 9.47 Å². The number of ether oxygens (including phenoxy) is 3. The third-order valence-corrected chi connectivity index (χ3v) is 6.15. The minimum absolute atomic E-state index is 0.0190. The van der Waals surface area contributed by atoms with Crippen LogP contribution >= 0.6 is 11.6 Å². The first-order valence-corrected chi connectivity index (χ1v) is 11.8. The number of fused-ring (bicyclic) bond motifs is 3. The summed E-state index contributed by atoms with van der Waals surface area (Å²) in [6.07, 6.45) is 4.27. The van der Waals surface area contributed by atoms with Crippen molar-refractivity contribution >= 4 is 17.6 Å². The van der Waals surface area contributed by atoms with Crippen LogP contribution in [0, 0.1) is 0 Å². The van der Waals surface area contributed by atoms with Crippen LogP contribution in [0.1, 0.15) is 62.9 Å². The number of hydrogen-bond donors (Lipinski definition) is 0. The average molecular weight is 477 g/mol. The molecule has 0 unspecified atom stereocenters. The minimum atomic E-state index is -0.616. The van der Waals surface area contributed by atoms with E-state index in [1.54, 1.807) is 20.2 Å². The van der Waals surface area contributed by atoms with Gasteiger partial charge in [0.25, 0.3) is 0 Å². The lowest BCUT2D eigenvalue weighted by Gasteiger charge is -2.45. The number of benzene rings is 1. The van der Waals surface area contributed by atoms with Crippen LogP contribution in [-0.4, -0.2) is 43.1 Å². The van der Waals surface area contributed by atoms with Gasteiger partial charge in [-0.2, -0.15) is 0 Å². The van der Waals surface area contributed by atoms with Crippen molar-refractivity contribution in [2.45, 2.75) is 59.0 Å². The van der Waals surface area contributed by atoms with Crippen LogP contribution in [0.15, 0.2) is 29.2 Å². The van der Waals surface area contributed by atoms with Crippen LogP contribution in [0.5, 0.6) is 5.75 Å². The Hall–Kier alpha value is -2.51. The highest BCUT2D eigenvalue weighted by Crippen LogP contribution is 2.39. The van der Waals surface area contributed by atoms with E-state index in [4.69, 9.17) is 25.8 Å². The number of esters is 1. The van der Waals surface area contributed by atoms with E-state index in [-0.39, 0.29) is 23.1 Å². The first kappa shape index (κ1) is 25.1. The predicted octanol–water partition coefficient (Wildman–Crippen LogP) is 4.79. The van der Waals surface area contributed by atoms with Crippen LogP contribution < -0.4 is 15.2 Å². The lowest BCUT2D eigenvalue weighted by atomic mass is 9.94. The summed E-state index contributed by atoms with van der Waals surface area (Å²) < 4.78 is 18.0. The molecule has 1 aromatic heterocycles. The molecule has 0 atom stereocenters. The van der Waals surface area contributed by atoms with Crippen LogP contribution in [0.4, 0.5) is 0 Å². The third kappa shape index (κ3) is 5.36. The zero-order chi connectivity index (χ0) is 24.2. The standard InChI is InChI=1S/C25H33ClN2O5/c1-6-9-25(3,4)28-15-17-12-23(33-11-8-10-31-5)20(26)13-18(17)21-14-22(29)19(16-27(21)28)24(30)32-7-2/h12-14,16H,6-11,15H2,1-5H3. The van der Waals surface area contributed by atoms with Gasteiger partial charge in [0.15, 0.2) is 5.43 Å². The molecular formula is C25H33ClN2O5. The SMILES string of the molecule is CCCC(C)(C)N1Cc2cc(OCCCOC)c(Cl)cc2-c2cc(=O)c(C(=O)OCC)cn21. The number of aromatic nitrogens is 1. The largest absolute Gasteiger partial charge is 0.492 e. The van der Waals surface area contributed by atoms with Gasteiger partial charge in [0.2, 0.25) is 0 Å². The summed E-state index contributed by atoms with van der Waals surface area (Å²) in [4.78, 5) is 25.3. The molecule has 1 aliphatic heterocycles. The van der Waals surface area contributed by atoms with Crippen LogP contribution in [0.3, 0.4) is 0 Å². The molecule has 0 amide bonds. The Bertz CT molecular complexity index is 1060. The Morgan fingerprint density at radius 1 is 1.18 bits per heavy atom. The highest BCUT2D eigenvalue weighted by atomic mass is 35.5. The molecule has 180 valence electrons. The summed E-state index contributed by atoms with van der Waals surface area (Å²) in [5.74, 6) is -0.00612. The van der Waals surface area contributed by atoms with E-state index in [0.717, 1.165) is 30.4 Å². The van der Waals surface area contributed by atoms with E-state index >= 15 is 0 Å².